The van der Waals surface area contributed by atoms with Crippen molar-refractivity contribution in [3.8, 4) is 5.75 Å². The van der Waals surface area contributed by atoms with Crippen LogP contribution in [0.15, 0.2) is 72.8 Å². The Bertz CT molecular complexity index is 1490. The lowest BCUT2D eigenvalue weighted by Crippen LogP contribution is -2.47. The first-order valence-electron chi connectivity index (χ1n) is 16.4. The molecule has 0 bridgehead atoms. The summed E-state index contributed by atoms with van der Waals surface area (Å²) in [5, 5.41) is 13.1. The van der Waals surface area contributed by atoms with E-state index in [-0.39, 0.29) is 48.7 Å². The number of alkyl halides is 3. The number of hydrogen-bond donors (Lipinski definition) is 2. The minimum Gasteiger partial charge on any atom is -0.490 e. The monoisotopic (exact) mass is 669 g/mol. The lowest BCUT2D eigenvalue weighted by molar-refractivity contribution is -0.137. The number of aliphatic hydroxyl groups is 1. The van der Waals surface area contributed by atoms with Gasteiger partial charge >= 0.3 is 6.18 Å². The number of benzene rings is 3. The van der Waals surface area contributed by atoms with E-state index in [0.29, 0.717) is 36.7 Å². The Kier molecular flexibility index (Phi) is 13.0. The maximum Gasteiger partial charge on any atom is 0.416 e. The molecule has 0 saturated carbocycles. The molecule has 0 unspecified atom stereocenters. The molecule has 0 fully saturated rings. The Labute approximate surface area is 280 Å². The molecule has 0 aromatic heterocycles. The summed E-state index contributed by atoms with van der Waals surface area (Å²) in [7, 11) is 1.89. The highest BCUT2D eigenvalue weighted by Gasteiger charge is 2.32. The molecule has 0 spiro atoms. The van der Waals surface area contributed by atoms with Gasteiger partial charge in [-0.2, -0.15) is 13.2 Å². The highest BCUT2D eigenvalue weighted by Crippen LogP contribution is 2.30. The number of amides is 2. The molecular weight excluding hydrogens is 623 g/mol. The number of nitrogens with one attached hydrogen (secondary N) is 1. The number of fused-ring (bicyclic) bond motifs is 1. The number of likely N-dealkylation sites (N-methyl/N-ethyl adjacent to an activating group) is 1. The second-order valence-electron chi connectivity index (χ2n) is 12.7. The third-order valence-corrected chi connectivity index (χ3v) is 8.57. The van der Waals surface area contributed by atoms with E-state index in [2.05, 4.69) is 5.32 Å². The number of anilines is 1. The summed E-state index contributed by atoms with van der Waals surface area (Å²) in [4.78, 5) is 30.9. The van der Waals surface area contributed by atoms with Crippen LogP contribution in [-0.4, -0.2) is 78.3 Å². The molecule has 4 atom stereocenters. The molecule has 260 valence electrons. The maximum atomic E-state index is 14.3. The number of rotatable bonds is 8. The molecule has 8 nitrogen and oxygen atoms in total. The molecule has 0 saturated heterocycles. The number of carbonyl (C=O) groups is 2. The van der Waals surface area contributed by atoms with Crippen molar-refractivity contribution in [1.82, 2.24) is 9.80 Å². The lowest BCUT2D eigenvalue weighted by Gasteiger charge is -2.36. The third-order valence-electron chi connectivity index (χ3n) is 8.57. The first-order valence-corrected chi connectivity index (χ1v) is 16.4. The topological polar surface area (TPSA) is 91.3 Å². The molecule has 2 amide bonds. The first kappa shape index (κ1) is 36.9. The Morgan fingerprint density at radius 1 is 1.06 bits per heavy atom. The van der Waals surface area contributed by atoms with E-state index < -0.39 is 17.8 Å². The number of ether oxygens (including phenoxy) is 2. The van der Waals surface area contributed by atoms with Crippen molar-refractivity contribution in [3.63, 3.8) is 0 Å². The van der Waals surface area contributed by atoms with Crippen LogP contribution < -0.4 is 10.1 Å². The van der Waals surface area contributed by atoms with Crippen molar-refractivity contribution in [2.75, 3.05) is 38.7 Å². The predicted octanol–water partition coefficient (Wildman–Crippen LogP) is 6.89. The standard InChI is InChI=1S/C37H46F3N3O5/c1-25-21-43(26(2)24-44)36(46)32-20-31(41-35(45)29-11-6-5-7-12-29)17-18-33(32)48-27(3)10-8-9-19-47-34(25)23-42(4)22-28-13-15-30(16-14-28)37(38,39)40/h5-7,11-18,20,25-27,34,44H,8-10,19,21-24H2,1-4H3,(H,41,45)/t25-,26+,27-,34+/m0/s1. The van der Waals surface area contributed by atoms with Crippen LogP contribution >= 0.6 is 0 Å². The molecule has 1 heterocycles. The van der Waals surface area contributed by atoms with Gasteiger partial charge in [0.1, 0.15) is 5.75 Å². The fourth-order valence-corrected chi connectivity index (χ4v) is 5.74. The smallest absolute Gasteiger partial charge is 0.416 e. The Hall–Kier alpha value is -3.93. The quantitative estimate of drug-likeness (QED) is 0.272. The van der Waals surface area contributed by atoms with Crippen LogP contribution in [0.1, 0.15) is 71.9 Å². The second-order valence-corrected chi connectivity index (χ2v) is 12.7. The summed E-state index contributed by atoms with van der Waals surface area (Å²) in [6, 6.07) is 18.4. The van der Waals surface area contributed by atoms with Crippen molar-refractivity contribution < 1.29 is 37.3 Å². The van der Waals surface area contributed by atoms with Crippen LogP contribution in [0.25, 0.3) is 0 Å². The molecule has 1 aliphatic heterocycles. The Morgan fingerprint density at radius 3 is 2.44 bits per heavy atom. The largest absolute Gasteiger partial charge is 0.490 e. The van der Waals surface area contributed by atoms with Crippen molar-refractivity contribution in [3.05, 3.63) is 95.1 Å². The lowest BCUT2D eigenvalue weighted by atomic mass is 10.0. The number of nitrogens with zero attached hydrogens (tertiary/aromatic N) is 2. The van der Waals surface area contributed by atoms with Gasteiger partial charge in [0.2, 0.25) is 0 Å². The maximum absolute atomic E-state index is 14.3. The summed E-state index contributed by atoms with van der Waals surface area (Å²) in [5.74, 6) is -0.442. The fourth-order valence-electron chi connectivity index (χ4n) is 5.74. The van der Waals surface area contributed by atoms with Crippen LogP contribution in [0, 0.1) is 5.92 Å². The van der Waals surface area contributed by atoms with Gasteiger partial charge in [0.25, 0.3) is 11.8 Å². The summed E-state index contributed by atoms with van der Waals surface area (Å²) < 4.78 is 51.8. The van der Waals surface area contributed by atoms with Crippen LogP contribution in [0.4, 0.5) is 18.9 Å². The Balaban J connectivity index is 1.58. The van der Waals surface area contributed by atoms with Gasteiger partial charge in [0, 0.05) is 43.4 Å². The molecule has 3 aromatic rings. The highest BCUT2D eigenvalue weighted by atomic mass is 19.4. The second kappa shape index (κ2) is 16.9. The van der Waals surface area contributed by atoms with Crippen molar-refractivity contribution in [2.24, 2.45) is 5.92 Å². The molecule has 0 aliphatic carbocycles. The molecule has 1 aliphatic rings. The van der Waals surface area contributed by atoms with E-state index in [9.17, 15) is 27.9 Å². The summed E-state index contributed by atoms with van der Waals surface area (Å²) >= 11 is 0. The normalized spacial score (nSPS) is 20.4. The molecule has 11 heteroatoms. The fraction of sp³-hybridized carbons (Fsp3) is 0.459. The van der Waals surface area contributed by atoms with E-state index in [0.717, 1.165) is 37.0 Å². The van der Waals surface area contributed by atoms with Crippen molar-refractivity contribution in [1.29, 1.82) is 0 Å². The van der Waals surface area contributed by atoms with E-state index in [1.54, 1.807) is 54.3 Å². The zero-order valence-corrected chi connectivity index (χ0v) is 28.0. The van der Waals surface area contributed by atoms with E-state index >= 15 is 0 Å². The minimum atomic E-state index is -4.39. The molecular formula is C37H46F3N3O5. The molecule has 48 heavy (non-hydrogen) atoms. The molecule has 0 radical (unpaired) electrons. The van der Waals surface area contributed by atoms with Crippen molar-refractivity contribution in [2.45, 2.75) is 71.0 Å². The number of aliphatic hydroxyl groups excluding tert-OH is 1. The van der Waals surface area contributed by atoms with Gasteiger partial charge in [0.05, 0.1) is 36.0 Å². The van der Waals surface area contributed by atoms with Gasteiger partial charge in [-0.15, -0.1) is 0 Å². The number of halogens is 3. The Morgan fingerprint density at radius 2 is 1.77 bits per heavy atom. The van der Waals surface area contributed by atoms with Gasteiger partial charge < -0.3 is 24.8 Å². The first-order chi connectivity index (χ1) is 22.8. The van der Waals surface area contributed by atoms with Gasteiger partial charge in [-0.3, -0.25) is 14.5 Å². The van der Waals surface area contributed by atoms with E-state index in [4.69, 9.17) is 9.47 Å². The van der Waals surface area contributed by atoms with Crippen LogP contribution in [0.5, 0.6) is 5.75 Å². The van der Waals surface area contributed by atoms with Crippen LogP contribution in [-0.2, 0) is 17.5 Å². The zero-order chi connectivity index (χ0) is 34.8. The van der Waals surface area contributed by atoms with Crippen LogP contribution in [0.3, 0.4) is 0 Å². The van der Waals surface area contributed by atoms with Gasteiger partial charge in [-0.25, -0.2) is 0 Å². The highest BCUT2D eigenvalue weighted by molar-refractivity contribution is 6.05. The number of carbonyl (C=O) groups excluding carboxylic acids is 2. The predicted molar refractivity (Wildman–Crippen MR) is 179 cm³/mol. The SMILES string of the molecule is C[C@H](CO)N1C[C@H](C)[C@@H](CN(C)Cc2ccc(C(F)(F)F)cc2)OCCCC[C@H](C)Oc2ccc(NC(=O)c3ccccc3)cc2C1=O. The molecule has 2 N–H and O–H groups in total. The van der Waals surface area contributed by atoms with E-state index in [1.807, 2.05) is 31.9 Å². The van der Waals surface area contributed by atoms with E-state index in [1.165, 1.54) is 12.1 Å². The van der Waals surface area contributed by atoms with Crippen LogP contribution in [0.2, 0.25) is 0 Å². The summed E-state index contributed by atoms with van der Waals surface area (Å²) in [5.41, 5.74) is 1.24. The average molecular weight is 670 g/mol. The summed E-state index contributed by atoms with van der Waals surface area (Å²) in [6.45, 7) is 7.09. The average Bonchev–Trinajstić information content (AvgIpc) is 3.06. The minimum absolute atomic E-state index is 0.176. The molecule has 3 aromatic carbocycles. The van der Waals surface area contributed by atoms with Gasteiger partial charge in [-0.1, -0.05) is 37.3 Å². The summed E-state index contributed by atoms with van der Waals surface area (Å²) in [6.07, 6.45) is -2.53. The van der Waals surface area contributed by atoms with Gasteiger partial charge in [-0.05, 0) is 88.2 Å². The third kappa shape index (κ3) is 10.3. The van der Waals surface area contributed by atoms with Gasteiger partial charge in [0.15, 0.2) is 0 Å². The zero-order valence-electron chi connectivity index (χ0n) is 28.0. The molecule has 4 rings (SSSR count). The van der Waals surface area contributed by atoms with Crippen molar-refractivity contribution >= 4 is 17.5 Å². The number of hydrogen-bond acceptors (Lipinski definition) is 6.